The van der Waals surface area contributed by atoms with Crippen LogP contribution in [0.5, 0.6) is 0 Å². The number of para-hydroxylation sites is 3. The summed E-state index contributed by atoms with van der Waals surface area (Å²) in [6.45, 7) is 16.8. The van der Waals surface area contributed by atoms with Gasteiger partial charge in [-0.1, -0.05) is 273 Å². The molecule has 0 saturated heterocycles. The molecule has 3 atom stereocenters. The Balaban J connectivity index is 0.975. The topological polar surface area (TPSA) is 8.17 Å². The predicted octanol–water partition coefficient (Wildman–Crippen LogP) is 22.2. The molecule has 0 bridgehead atoms. The van der Waals surface area contributed by atoms with E-state index in [9.17, 15) is 0 Å². The highest BCUT2D eigenvalue weighted by Gasteiger charge is 2.64. The van der Waals surface area contributed by atoms with Crippen molar-refractivity contribution >= 4 is 38.9 Å². The van der Waals surface area contributed by atoms with Crippen molar-refractivity contribution in [2.75, 3.05) is 4.90 Å². The number of anilines is 3. The largest absolute Gasteiger partial charge is 0.309 e. The van der Waals surface area contributed by atoms with E-state index in [1.165, 1.54) is 105 Å². The molecular formula is C82H68N2. The maximum absolute atomic E-state index is 2.69. The van der Waals surface area contributed by atoms with Crippen LogP contribution in [0.3, 0.4) is 0 Å². The fourth-order valence-corrected chi connectivity index (χ4v) is 15.0. The molecule has 0 amide bonds. The van der Waals surface area contributed by atoms with Crippen LogP contribution in [-0.2, 0) is 10.8 Å². The van der Waals surface area contributed by atoms with E-state index in [1.54, 1.807) is 0 Å². The average molecular weight is 1080 g/mol. The van der Waals surface area contributed by atoms with Crippen molar-refractivity contribution in [1.82, 2.24) is 4.57 Å². The molecule has 0 radical (unpaired) electrons. The smallest absolute Gasteiger partial charge is 0.0564 e. The Labute approximate surface area is 495 Å². The predicted molar refractivity (Wildman–Crippen MR) is 355 cm³/mol. The first-order chi connectivity index (χ1) is 40.8. The minimum absolute atomic E-state index is 0.0445. The quantitative estimate of drug-likeness (QED) is 0.147. The van der Waals surface area contributed by atoms with Crippen molar-refractivity contribution in [3.63, 3.8) is 0 Å². The molecular weight excluding hydrogens is 1010 g/mol. The number of hydrogen-bond acceptors (Lipinski definition) is 1. The molecule has 12 aromatic rings. The number of allylic oxidation sites excluding steroid dienone is 4. The lowest BCUT2D eigenvalue weighted by Gasteiger charge is -2.47. The van der Waals surface area contributed by atoms with Gasteiger partial charge in [0, 0.05) is 44.6 Å². The summed E-state index contributed by atoms with van der Waals surface area (Å²) in [5.41, 5.74) is 26.3. The maximum Gasteiger partial charge on any atom is 0.0564 e. The number of fused-ring (bicyclic) bond motifs is 13. The number of hydrogen-bond donors (Lipinski definition) is 0. The van der Waals surface area contributed by atoms with Crippen molar-refractivity contribution in [3.05, 3.63) is 312 Å². The molecule has 2 heteroatoms. The van der Waals surface area contributed by atoms with Crippen LogP contribution in [-0.4, -0.2) is 4.57 Å². The molecule has 406 valence electrons. The van der Waals surface area contributed by atoms with Crippen molar-refractivity contribution in [3.8, 4) is 61.3 Å². The number of benzene rings is 11. The van der Waals surface area contributed by atoms with Gasteiger partial charge in [-0.25, -0.2) is 0 Å². The zero-order chi connectivity index (χ0) is 57.1. The Kier molecular flexibility index (Phi) is 11.8. The van der Waals surface area contributed by atoms with Crippen LogP contribution in [0.25, 0.3) is 83.1 Å². The lowest BCUT2D eigenvalue weighted by Crippen LogP contribution is -2.43. The first-order valence-electron chi connectivity index (χ1n) is 30.0. The normalized spacial score (nSPS) is 17.7. The summed E-state index contributed by atoms with van der Waals surface area (Å²) >= 11 is 0. The fraction of sp³-hybridized carbons (Fsp3) is 0.146. The van der Waals surface area contributed by atoms with Gasteiger partial charge < -0.3 is 9.47 Å². The second kappa shape index (κ2) is 19.3. The molecule has 11 aromatic carbocycles. The Morgan fingerprint density at radius 3 is 1.70 bits per heavy atom. The Morgan fingerprint density at radius 1 is 0.405 bits per heavy atom. The molecule has 15 rings (SSSR count). The highest BCUT2D eigenvalue weighted by atomic mass is 15.1. The monoisotopic (exact) mass is 1080 g/mol. The molecule has 3 aliphatic carbocycles. The number of rotatable bonds is 8. The Bertz CT molecular complexity index is 4630. The van der Waals surface area contributed by atoms with Gasteiger partial charge in [-0.2, -0.15) is 0 Å². The summed E-state index contributed by atoms with van der Waals surface area (Å²) in [6, 6.07) is 97.9. The maximum atomic E-state index is 2.69. The highest BCUT2D eigenvalue weighted by Crippen LogP contribution is 2.73. The lowest BCUT2D eigenvalue weighted by atomic mass is 9.54. The van der Waals surface area contributed by atoms with Crippen LogP contribution in [0.15, 0.2) is 285 Å². The van der Waals surface area contributed by atoms with E-state index >= 15 is 0 Å². The molecule has 0 fully saturated rings. The first-order valence-corrected chi connectivity index (χ1v) is 30.0. The van der Waals surface area contributed by atoms with E-state index in [2.05, 4.69) is 337 Å². The third kappa shape index (κ3) is 7.76. The lowest BCUT2D eigenvalue weighted by molar-refractivity contribution is 0.285. The molecule has 0 N–H and O–H groups in total. The van der Waals surface area contributed by atoms with Crippen LogP contribution in [0, 0.1) is 10.8 Å². The van der Waals surface area contributed by atoms with Crippen molar-refractivity contribution < 1.29 is 0 Å². The van der Waals surface area contributed by atoms with Gasteiger partial charge in [-0.15, -0.1) is 0 Å². The third-order valence-corrected chi connectivity index (χ3v) is 19.0. The third-order valence-electron chi connectivity index (χ3n) is 19.0. The van der Waals surface area contributed by atoms with Crippen LogP contribution in [0.2, 0.25) is 0 Å². The molecule has 3 unspecified atom stereocenters. The minimum atomic E-state index is -0.511. The van der Waals surface area contributed by atoms with Crippen LogP contribution in [0.4, 0.5) is 17.1 Å². The van der Waals surface area contributed by atoms with Crippen molar-refractivity contribution in [2.45, 2.75) is 65.2 Å². The SMILES string of the molecule is CC(C)(C)C1=CC2(C)C(C=C1)c1ccc(C(C)(C)C)cc1C21c2ccccc2-c2c(N(c3ccc(-c4ccc5c(c4)c4ccccc4n5-c4ccccc4)cc3)c3ccccc3-c3ccccc3-c3ccccc3-c3ccccc3)cccc21. The van der Waals surface area contributed by atoms with Crippen LogP contribution in [0.1, 0.15) is 82.2 Å². The van der Waals surface area contributed by atoms with E-state index in [0.29, 0.717) is 0 Å². The van der Waals surface area contributed by atoms with E-state index in [0.717, 1.165) is 28.3 Å². The molecule has 3 aliphatic rings. The van der Waals surface area contributed by atoms with Gasteiger partial charge in [0.25, 0.3) is 0 Å². The fourth-order valence-electron chi connectivity index (χ4n) is 15.0. The standard InChI is InChI=1S/C82H68N2/c1-79(2,3)57-44-48-67-70-49-45-58(80(4,5)6)53-81(70,7)82(73(67)52-57)71-36-21-18-35-68(71)78-72(82)37-24-40-77(78)84(74-38-22-19-33-65(74)64-32-17-16-31-63(64)62-30-15-14-29-61(62)55-25-10-8-11-26-55)60-46-41-54(42-47-60)56-43-50-76-69(51-56)66-34-20-23-39-75(66)83(76)59-27-12-9-13-28-59/h8-53,70H,1-7H3. The van der Waals surface area contributed by atoms with E-state index in [1.807, 2.05) is 0 Å². The first kappa shape index (κ1) is 51.4. The summed E-state index contributed by atoms with van der Waals surface area (Å²) in [5.74, 6) is 0.170. The molecule has 84 heavy (non-hydrogen) atoms. The second-order valence-corrected chi connectivity index (χ2v) is 25.8. The molecule has 1 heterocycles. The average Bonchev–Trinajstić information content (AvgIpc) is 1.52. The molecule has 1 aromatic heterocycles. The van der Waals surface area contributed by atoms with Gasteiger partial charge in [0.2, 0.25) is 0 Å². The van der Waals surface area contributed by atoms with Gasteiger partial charge in [0.1, 0.15) is 0 Å². The minimum Gasteiger partial charge on any atom is -0.309 e. The number of nitrogens with zero attached hydrogens (tertiary/aromatic N) is 2. The Hall–Kier alpha value is -9.50. The van der Waals surface area contributed by atoms with E-state index in [4.69, 9.17) is 0 Å². The summed E-state index contributed by atoms with van der Waals surface area (Å²) in [7, 11) is 0. The molecule has 1 spiro atoms. The van der Waals surface area contributed by atoms with Gasteiger partial charge in [-0.3, -0.25) is 0 Å². The highest BCUT2D eigenvalue weighted by molar-refractivity contribution is 6.11. The van der Waals surface area contributed by atoms with Crippen LogP contribution < -0.4 is 4.90 Å². The van der Waals surface area contributed by atoms with Gasteiger partial charge in [0.15, 0.2) is 0 Å². The molecule has 0 saturated carbocycles. The van der Waals surface area contributed by atoms with Crippen molar-refractivity contribution in [1.29, 1.82) is 0 Å². The second-order valence-electron chi connectivity index (χ2n) is 25.8. The van der Waals surface area contributed by atoms with Gasteiger partial charge in [0.05, 0.1) is 27.8 Å². The molecule has 0 aliphatic heterocycles. The molecule has 2 nitrogen and oxygen atoms in total. The van der Waals surface area contributed by atoms with Crippen LogP contribution >= 0.6 is 0 Å². The summed E-state index contributed by atoms with van der Waals surface area (Å²) in [6.07, 6.45) is 7.68. The van der Waals surface area contributed by atoms with E-state index in [-0.39, 0.29) is 22.2 Å². The Morgan fingerprint density at radius 2 is 0.976 bits per heavy atom. The zero-order valence-corrected chi connectivity index (χ0v) is 49.0. The summed E-state index contributed by atoms with van der Waals surface area (Å²) in [4.78, 5) is 2.59. The zero-order valence-electron chi connectivity index (χ0n) is 49.0. The van der Waals surface area contributed by atoms with Gasteiger partial charge in [-0.05, 0) is 143 Å². The summed E-state index contributed by atoms with van der Waals surface area (Å²) in [5, 5.41) is 2.48. The summed E-state index contributed by atoms with van der Waals surface area (Å²) < 4.78 is 2.39. The number of aromatic nitrogens is 1. The van der Waals surface area contributed by atoms with Crippen molar-refractivity contribution in [2.24, 2.45) is 10.8 Å². The van der Waals surface area contributed by atoms with Gasteiger partial charge >= 0.3 is 0 Å². The van der Waals surface area contributed by atoms with E-state index < -0.39 is 5.41 Å².